The monoisotopic (exact) mass is 319 g/mol. The van der Waals surface area contributed by atoms with Gasteiger partial charge >= 0.3 is 0 Å². The molecule has 2 atom stereocenters. The van der Waals surface area contributed by atoms with E-state index in [2.05, 4.69) is 44.2 Å². The maximum Gasteiger partial charge on any atom is 0.0446 e. The summed E-state index contributed by atoms with van der Waals surface area (Å²) in [7, 11) is 0. The first-order chi connectivity index (χ1) is 10.1. The second-order valence-electron chi connectivity index (χ2n) is 5.23. The number of rotatable bonds is 6. The third kappa shape index (κ3) is 4.50. The zero-order valence-electron chi connectivity index (χ0n) is 12.6. The first-order valence-corrected chi connectivity index (χ1v) is 8.74. The maximum atomic E-state index is 6.38. The van der Waals surface area contributed by atoms with Crippen LogP contribution in [0.15, 0.2) is 48.5 Å². The normalized spacial score (nSPS) is 13.9. The van der Waals surface area contributed by atoms with Gasteiger partial charge in [0.05, 0.1) is 0 Å². The molecular formula is C18H22ClNS. The van der Waals surface area contributed by atoms with Crippen LogP contribution in [0.4, 0.5) is 0 Å². The first-order valence-electron chi connectivity index (χ1n) is 7.31. The van der Waals surface area contributed by atoms with Crippen molar-refractivity contribution < 1.29 is 0 Å². The van der Waals surface area contributed by atoms with Gasteiger partial charge in [0.2, 0.25) is 0 Å². The third-order valence-electron chi connectivity index (χ3n) is 3.74. The predicted octanol–water partition coefficient (Wildman–Crippen LogP) is 5.22. The lowest BCUT2D eigenvalue weighted by Crippen LogP contribution is -2.21. The van der Waals surface area contributed by atoms with Gasteiger partial charge in [-0.25, -0.2) is 0 Å². The molecule has 0 saturated carbocycles. The molecule has 3 heteroatoms. The Balaban J connectivity index is 1.95. The van der Waals surface area contributed by atoms with Gasteiger partial charge in [-0.05, 0) is 29.2 Å². The van der Waals surface area contributed by atoms with E-state index in [9.17, 15) is 0 Å². The van der Waals surface area contributed by atoms with E-state index in [1.165, 1.54) is 16.7 Å². The summed E-state index contributed by atoms with van der Waals surface area (Å²) in [6, 6.07) is 16.7. The Kier molecular flexibility index (Phi) is 6.16. The van der Waals surface area contributed by atoms with Crippen LogP contribution >= 0.6 is 23.4 Å². The maximum absolute atomic E-state index is 6.38. The Bertz CT molecular complexity index is 568. The van der Waals surface area contributed by atoms with Crippen molar-refractivity contribution >= 4 is 23.4 Å². The first kappa shape index (κ1) is 16.4. The molecule has 0 saturated heterocycles. The van der Waals surface area contributed by atoms with Crippen molar-refractivity contribution in [2.75, 3.05) is 0 Å². The van der Waals surface area contributed by atoms with E-state index in [4.69, 9.17) is 17.3 Å². The summed E-state index contributed by atoms with van der Waals surface area (Å²) in [5.74, 6) is 0.890. The minimum atomic E-state index is 0.0448. The van der Waals surface area contributed by atoms with Gasteiger partial charge < -0.3 is 5.73 Å². The zero-order chi connectivity index (χ0) is 15.2. The molecule has 2 aromatic rings. The van der Waals surface area contributed by atoms with Crippen LogP contribution in [0.3, 0.4) is 0 Å². The molecule has 0 fully saturated rings. The smallest absolute Gasteiger partial charge is 0.0446 e. The second-order valence-corrected chi connectivity index (χ2v) is 7.00. The SMILES string of the molecule is CCc1ccc(C(N)C(C)SCc2ccccc2Cl)cc1. The van der Waals surface area contributed by atoms with E-state index in [0.717, 1.165) is 17.2 Å². The van der Waals surface area contributed by atoms with Crippen molar-refractivity contribution in [3.63, 3.8) is 0 Å². The summed E-state index contributed by atoms with van der Waals surface area (Å²) in [4.78, 5) is 0. The molecule has 2 aromatic carbocycles. The van der Waals surface area contributed by atoms with E-state index in [1.54, 1.807) is 0 Å². The molecule has 0 amide bonds. The topological polar surface area (TPSA) is 26.0 Å². The Morgan fingerprint density at radius 3 is 2.38 bits per heavy atom. The molecule has 2 N–H and O–H groups in total. The number of aryl methyl sites for hydroxylation is 1. The van der Waals surface area contributed by atoms with Crippen LogP contribution in [0, 0.1) is 0 Å². The Morgan fingerprint density at radius 2 is 1.76 bits per heavy atom. The Hall–Kier alpha value is -0.960. The molecule has 112 valence electrons. The summed E-state index contributed by atoms with van der Waals surface area (Å²) in [5.41, 5.74) is 10.1. The largest absolute Gasteiger partial charge is 0.323 e. The fraction of sp³-hybridized carbons (Fsp3) is 0.333. The molecule has 0 aliphatic heterocycles. The predicted molar refractivity (Wildman–Crippen MR) is 95.0 cm³/mol. The number of nitrogens with two attached hydrogens (primary N) is 1. The standard InChI is InChI=1S/C18H22ClNS/c1-3-14-8-10-15(11-9-14)18(20)13(2)21-12-16-6-4-5-7-17(16)19/h4-11,13,18H,3,12,20H2,1-2H3. The van der Waals surface area contributed by atoms with Crippen molar-refractivity contribution in [3.05, 3.63) is 70.2 Å². The van der Waals surface area contributed by atoms with Crippen LogP contribution in [0.2, 0.25) is 5.02 Å². The average Bonchev–Trinajstić information content (AvgIpc) is 2.53. The summed E-state index contributed by atoms with van der Waals surface area (Å²) in [6.07, 6.45) is 1.06. The van der Waals surface area contributed by atoms with E-state index in [0.29, 0.717) is 5.25 Å². The van der Waals surface area contributed by atoms with Crippen molar-refractivity contribution in [2.24, 2.45) is 5.73 Å². The molecule has 0 bridgehead atoms. The van der Waals surface area contributed by atoms with Gasteiger partial charge in [0.25, 0.3) is 0 Å². The molecule has 2 unspecified atom stereocenters. The number of hydrogen-bond donors (Lipinski definition) is 1. The molecule has 0 heterocycles. The second kappa shape index (κ2) is 7.88. The molecule has 0 aliphatic carbocycles. The van der Waals surface area contributed by atoms with Gasteiger partial charge in [-0.2, -0.15) is 11.8 Å². The van der Waals surface area contributed by atoms with Crippen LogP contribution in [0.5, 0.6) is 0 Å². The number of hydrogen-bond acceptors (Lipinski definition) is 2. The van der Waals surface area contributed by atoms with Gasteiger partial charge in [-0.3, -0.25) is 0 Å². The van der Waals surface area contributed by atoms with Gasteiger partial charge in [0, 0.05) is 22.1 Å². The fourth-order valence-corrected chi connectivity index (χ4v) is 3.53. The van der Waals surface area contributed by atoms with E-state index >= 15 is 0 Å². The Labute approximate surface area is 136 Å². The van der Waals surface area contributed by atoms with Gasteiger partial charge in [-0.15, -0.1) is 0 Å². The lowest BCUT2D eigenvalue weighted by Gasteiger charge is -2.20. The van der Waals surface area contributed by atoms with Crippen molar-refractivity contribution in [3.8, 4) is 0 Å². The lowest BCUT2D eigenvalue weighted by molar-refractivity contribution is 0.714. The van der Waals surface area contributed by atoms with Crippen LogP contribution in [0.25, 0.3) is 0 Å². The molecule has 0 radical (unpaired) electrons. The minimum absolute atomic E-state index is 0.0448. The van der Waals surface area contributed by atoms with Crippen LogP contribution in [0.1, 0.15) is 36.6 Å². The summed E-state index contributed by atoms with van der Waals surface area (Å²) in [5, 5.41) is 1.17. The van der Waals surface area contributed by atoms with Crippen molar-refractivity contribution in [1.29, 1.82) is 0 Å². The number of benzene rings is 2. The van der Waals surface area contributed by atoms with Gasteiger partial charge in [-0.1, -0.05) is 67.9 Å². The van der Waals surface area contributed by atoms with Crippen molar-refractivity contribution in [2.45, 2.75) is 37.3 Å². The number of thioether (sulfide) groups is 1. The molecule has 21 heavy (non-hydrogen) atoms. The van der Waals surface area contributed by atoms with E-state index < -0.39 is 0 Å². The quantitative estimate of drug-likeness (QED) is 0.789. The highest BCUT2D eigenvalue weighted by atomic mass is 35.5. The summed E-state index contributed by atoms with van der Waals surface area (Å²) >= 11 is 8.04. The van der Waals surface area contributed by atoms with E-state index in [1.807, 2.05) is 30.0 Å². The molecule has 0 aromatic heterocycles. The summed E-state index contributed by atoms with van der Waals surface area (Å²) < 4.78 is 0. The minimum Gasteiger partial charge on any atom is -0.323 e. The van der Waals surface area contributed by atoms with E-state index in [-0.39, 0.29) is 6.04 Å². The molecule has 2 rings (SSSR count). The summed E-state index contributed by atoms with van der Waals surface area (Å²) in [6.45, 7) is 4.34. The lowest BCUT2D eigenvalue weighted by atomic mass is 10.0. The fourth-order valence-electron chi connectivity index (χ4n) is 2.19. The molecule has 1 nitrogen and oxygen atoms in total. The molecule has 0 aliphatic rings. The van der Waals surface area contributed by atoms with Crippen LogP contribution < -0.4 is 5.73 Å². The Morgan fingerprint density at radius 1 is 1.10 bits per heavy atom. The van der Waals surface area contributed by atoms with Gasteiger partial charge in [0.15, 0.2) is 0 Å². The van der Waals surface area contributed by atoms with Crippen molar-refractivity contribution in [1.82, 2.24) is 0 Å². The van der Waals surface area contributed by atoms with Crippen LogP contribution in [-0.2, 0) is 12.2 Å². The third-order valence-corrected chi connectivity index (χ3v) is 5.40. The van der Waals surface area contributed by atoms with Gasteiger partial charge in [0.1, 0.15) is 0 Å². The zero-order valence-corrected chi connectivity index (χ0v) is 14.1. The average molecular weight is 320 g/mol. The molecule has 0 spiro atoms. The highest BCUT2D eigenvalue weighted by molar-refractivity contribution is 7.99. The molecular weight excluding hydrogens is 298 g/mol. The van der Waals surface area contributed by atoms with Crippen LogP contribution in [-0.4, -0.2) is 5.25 Å². The highest BCUT2D eigenvalue weighted by Gasteiger charge is 2.15. The highest BCUT2D eigenvalue weighted by Crippen LogP contribution is 2.29. The number of halogens is 1.